The van der Waals surface area contributed by atoms with Gasteiger partial charge in [-0.15, -0.1) is 5.10 Å². The molecule has 0 radical (unpaired) electrons. The normalized spacial score (nSPS) is 16.7. The van der Waals surface area contributed by atoms with E-state index in [1.54, 1.807) is 18.1 Å². The molecular weight excluding hydrogens is 330 g/mol. The van der Waals surface area contributed by atoms with E-state index in [2.05, 4.69) is 15.6 Å². The molecule has 1 aliphatic rings. The van der Waals surface area contributed by atoms with Crippen LogP contribution in [0.4, 0.5) is 0 Å². The smallest absolute Gasteiger partial charge is 0.276 e. The molecule has 7 heteroatoms. The summed E-state index contributed by atoms with van der Waals surface area (Å²) in [6.07, 6.45) is 3.77. The molecular formula is C19H23N5O2. The lowest BCUT2D eigenvalue weighted by Crippen LogP contribution is -2.30. The number of para-hydroxylation sites is 1. The van der Waals surface area contributed by atoms with E-state index in [0.717, 1.165) is 42.7 Å². The van der Waals surface area contributed by atoms with E-state index in [0.29, 0.717) is 11.7 Å². The molecule has 0 saturated carbocycles. The second-order valence-corrected chi connectivity index (χ2v) is 6.84. The Kier molecular flexibility index (Phi) is 4.46. The number of carbonyl (C=O) groups is 1. The van der Waals surface area contributed by atoms with Gasteiger partial charge >= 0.3 is 0 Å². The molecule has 136 valence electrons. The first-order valence-electron chi connectivity index (χ1n) is 9.01. The molecule has 1 aliphatic heterocycles. The lowest BCUT2D eigenvalue weighted by Gasteiger charge is -2.23. The van der Waals surface area contributed by atoms with Gasteiger partial charge in [-0.05, 0) is 45.0 Å². The van der Waals surface area contributed by atoms with E-state index in [9.17, 15) is 4.79 Å². The van der Waals surface area contributed by atoms with Crippen LogP contribution in [0, 0.1) is 0 Å². The molecule has 1 aromatic carbocycles. The van der Waals surface area contributed by atoms with Crippen LogP contribution in [0.1, 0.15) is 48.1 Å². The van der Waals surface area contributed by atoms with Crippen molar-refractivity contribution < 1.29 is 9.21 Å². The maximum atomic E-state index is 12.8. The monoisotopic (exact) mass is 353 g/mol. The average Bonchev–Trinajstić information content (AvgIpc) is 3.34. The van der Waals surface area contributed by atoms with E-state index in [1.165, 1.54) is 0 Å². The standard InChI is InChI=1S/C19H23N5O2/c1-13(18-11-14-5-3-4-6-17(14)26-18)23(2)19(25)16-12-24(22-21-16)15-7-9-20-10-8-15/h3-6,11-13,15,20H,7-10H2,1-2H3. The van der Waals surface area contributed by atoms with Crippen molar-refractivity contribution in [3.8, 4) is 0 Å². The number of hydrogen-bond donors (Lipinski definition) is 1. The van der Waals surface area contributed by atoms with Crippen LogP contribution >= 0.6 is 0 Å². The number of carbonyl (C=O) groups excluding carboxylic acids is 1. The summed E-state index contributed by atoms with van der Waals surface area (Å²) in [5, 5.41) is 12.6. The highest BCUT2D eigenvalue weighted by Gasteiger charge is 2.25. The van der Waals surface area contributed by atoms with Crippen LogP contribution in [0.25, 0.3) is 11.0 Å². The van der Waals surface area contributed by atoms with Crippen molar-refractivity contribution in [3.63, 3.8) is 0 Å². The first-order valence-corrected chi connectivity index (χ1v) is 9.01. The molecule has 1 amide bonds. The quantitative estimate of drug-likeness (QED) is 0.780. The Bertz CT molecular complexity index is 876. The minimum Gasteiger partial charge on any atom is -0.459 e. The van der Waals surface area contributed by atoms with Crippen LogP contribution < -0.4 is 5.32 Å². The van der Waals surface area contributed by atoms with Gasteiger partial charge in [0, 0.05) is 12.4 Å². The summed E-state index contributed by atoms with van der Waals surface area (Å²) < 4.78 is 7.72. The summed E-state index contributed by atoms with van der Waals surface area (Å²) in [6, 6.07) is 9.94. The molecule has 1 unspecified atom stereocenters. The van der Waals surface area contributed by atoms with Gasteiger partial charge in [-0.25, -0.2) is 4.68 Å². The molecule has 7 nitrogen and oxygen atoms in total. The molecule has 1 fully saturated rings. The van der Waals surface area contributed by atoms with Gasteiger partial charge in [0.1, 0.15) is 11.3 Å². The molecule has 2 aromatic heterocycles. The topological polar surface area (TPSA) is 76.2 Å². The largest absolute Gasteiger partial charge is 0.459 e. The molecule has 3 heterocycles. The number of fused-ring (bicyclic) bond motifs is 1. The van der Waals surface area contributed by atoms with Crippen LogP contribution in [0.15, 0.2) is 40.9 Å². The number of rotatable bonds is 4. The first kappa shape index (κ1) is 16.8. The molecule has 0 spiro atoms. The van der Waals surface area contributed by atoms with Crippen LogP contribution in [-0.2, 0) is 0 Å². The molecule has 1 atom stereocenters. The molecule has 0 aliphatic carbocycles. The van der Waals surface area contributed by atoms with E-state index < -0.39 is 0 Å². The number of nitrogens with zero attached hydrogens (tertiary/aromatic N) is 4. The van der Waals surface area contributed by atoms with Crippen LogP contribution in [0.2, 0.25) is 0 Å². The summed E-state index contributed by atoms with van der Waals surface area (Å²) >= 11 is 0. The molecule has 3 aromatic rings. The number of nitrogens with one attached hydrogen (secondary N) is 1. The second kappa shape index (κ2) is 6.92. The Morgan fingerprint density at radius 1 is 1.35 bits per heavy atom. The number of amides is 1. The lowest BCUT2D eigenvalue weighted by molar-refractivity contribution is 0.0721. The fourth-order valence-electron chi connectivity index (χ4n) is 3.38. The highest BCUT2D eigenvalue weighted by atomic mass is 16.3. The van der Waals surface area contributed by atoms with E-state index in [-0.39, 0.29) is 11.9 Å². The van der Waals surface area contributed by atoms with Gasteiger partial charge in [0.2, 0.25) is 0 Å². The van der Waals surface area contributed by atoms with Gasteiger partial charge in [0.15, 0.2) is 5.69 Å². The summed E-state index contributed by atoms with van der Waals surface area (Å²) in [7, 11) is 1.77. The van der Waals surface area contributed by atoms with Gasteiger partial charge in [0.25, 0.3) is 5.91 Å². The molecule has 26 heavy (non-hydrogen) atoms. The van der Waals surface area contributed by atoms with Crippen molar-refractivity contribution in [2.75, 3.05) is 20.1 Å². The summed E-state index contributed by atoms with van der Waals surface area (Å²) in [4.78, 5) is 14.5. The highest BCUT2D eigenvalue weighted by molar-refractivity contribution is 5.92. The second-order valence-electron chi connectivity index (χ2n) is 6.84. The summed E-state index contributed by atoms with van der Waals surface area (Å²) in [5.74, 6) is 0.603. The number of piperidine rings is 1. The van der Waals surface area contributed by atoms with Crippen molar-refractivity contribution in [2.45, 2.75) is 31.8 Å². The van der Waals surface area contributed by atoms with Crippen molar-refractivity contribution in [3.05, 3.63) is 48.0 Å². The molecule has 1 saturated heterocycles. The SMILES string of the molecule is CC(c1cc2ccccc2o1)N(C)C(=O)c1cn(C2CCNCC2)nn1. The van der Waals surface area contributed by atoms with E-state index in [1.807, 2.05) is 41.9 Å². The third-order valence-electron chi connectivity index (χ3n) is 5.17. The van der Waals surface area contributed by atoms with Gasteiger partial charge in [-0.2, -0.15) is 0 Å². The van der Waals surface area contributed by atoms with Crippen LogP contribution in [0.3, 0.4) is 0 Å². The van der Waals surface area contributed by atoms with E-state index >= 15 is 0 Å². The van der Waals surface area contributed by atoms with Gasteiger partial charge in [-0.1, -0.05) is 23.4 Å². The molecule has 0 bridgehead atoms. The number of aromatic nitrogens is 3. The maximum Gasteiger partial charge on any atom is 0.276 e. The van der Waals surface area contributed by atoms with Gasteiger partial charge in [-0.3, -0.25) is 4.79 Å². The van der Waals surface area contributed by atoms with Crippen molar-refractivity contribution in [1.29, 1.82) is 0 Å². The Hall–Kier alpha value is -2.67. The van der Waals surface area contributed by atoms with Crippen LogP contribution in [-0.4, -0.2) is 45.9 Å². The molecule has 4 rings (SSSR count). The lowest BCUT2D eigenvalue weighted by atomic mass is 10.1. The fourth-order valence-corrected chi connectivity index (χ4v) is 3.38. The first-order chi connectivity index (χ1) is 12.6. The minimum atomic E-state index is -0.195. The average molecular weight is 353 g/mol. The van der Waals surface area contributed by atoms with Crippen LogP contribution in [0.5, 0.6) is 0 Å². The Balaban J connectivity index is 1.50. The fraction of sp³-hybridized carbons (Fsp3) is 0.421. The predicted molar refractivity (Wildman–Crippen MR) is 97.9 cm³/mol. The van der Waals surface area contributed by atoms with Gasteiger partial charge < -0.3 is 14.6 Å². The Morgan fingerprint density at radius 3 is 2.88 bits per heavy atom. The third kappa shape index (κ3) is 3.10. The third-order valence-corrected chi connectivity index (χ3v) is 5.17. The van der Waals surface area contributed by atoms with Crippen molar-refractivity contribution in [2.24, 2.45) is 0 Å². The summed E-state index contributed by atoms with van der Waals surface area (Å²) in [5.41, 5.74) is 1.20. The molecule has 1 N–H and O–H groups in total. The predicted octanol–water partition coefficient (Wildman–Crippen LogP) is 2.78. The Morgan fingerprint density at radius 2 is 2.12 bits per heavy atom. The zero-order valence-corrected chi connectivity index (χ0v) is 15.1. The number of benzene rings is 1. The van der Waals surface area contributed by atoms with Crippen molar-refractivity contribution in [1.82, 2.24) is 25.2 Å². The highest BCUT2D eigenvalue weighted by Crippen LogP contribution is 2.27. The Labute approximate surface area is 152 Å². The summed E-state index contributed by atoms with van der Waals surface area (Å²) in [6.45, 7) is 3.89. The van der Waals surface area contributed by atoms with Crippen molar-refractivity contribution >= 4 is 16.9 Å². The number of furan rings is 1. The van der Waals surface area contributed by atoms with E-state index in [4.69, 9.17) is 4.42 Å². The zero-order chi connectivity index (χ0) is 18.1. The number of hydrogen-bond acceptors (Lipinski definition) is 5. The zero-order valence-electron chi connectivity index (χ0n) is 15.1. The maximum absolute atomic E-state index is 12.8. The minimum absolute atomic E-state index is 0.154. The van der Waals surface area contributed by atoms with Gasteiger partial charge in [0.05, 0.1) is 18.3 Å².